The highest BCUT2D eigenvalue weighted by molar-refractivity contribution is 6.06. The van der Waals surface area contributed by atoms with E-state index in [1.54, 1.807) is 0 Å². The lowest BCUT2D eigenvalue weighted by Crippen LogP contribution is -2.39. The van der Waals surface area contributed by atoms with Crippen LogP contribution in [0.5, 0.6) is 11.5 Å². The van der Waals surface area contributed by atoms with Crippen LogP contribution in [0.1, 0.15) is 70.8 Å². The Kier molecular flexibility index (Phi) is 5.98. The fraction of sp³-hybridized carbons (Fsp3) is 0.520. The van der Waals surface area contributed by atoms with E-state index in [-0.39, 0.29) is 17.5 Å². The van der Waals surface area contributed by atoms with Crippen LogP contribution in [0, 0.1) is 0 Å². The van der Waals surface area contributed by atoms with Crippen molar-refractivity contribution in [2.24, 2.45) is 0 Å². The first-order valence-corrected chi connectivity index (χ1v) is 11.3. The van der Waals surface area contributed by atoms with Gasteiger partial charge in [0.05, 0.1) is 13.2 Å². The Labute approximate surface area is 178 Å². The third kappa shape index (κ3) is 3.44. The summed E-state index contributed by atoms with van der Waals surface area (Å²) in [5.41, 5.74) is 4.84. The Bertz CT molecular complexity index is 883. The summed E-state index contributed by atoms with van der Waals surface area (Å²) in [4.78, 5) is 28.6. The van der Waals surface area contributed by atoms with Crippen molar-refractivity contribution in [3.63, 3.8) is 0 Å². The fourth-order valence-electron chi connectivity index (χ4n) is 5.18. The van der Waals surface area contributed by atoms with E-state index in [0.29, 0.717) is 37.6 Å². The second-order valence-corrected chi connectivity index (χ2v) is 8.02. The summed E-state index contributed by atoms with van der Waals surface area (Å²) in [5, 5.41) is 0. The van der Waals surface area contributed by atoms with Gasteiger partial charge in [-0.3, -0.25) is 9.59 Å². The number of nitrogens with zero attached hydrogens (tertiary/aromatic N) is 1. The first-order chi connectivity index (χ1) is 14.6. The second-order valence-electron chi connectivity index (χ2n) is 8.02. The quantitative estimate of drug-likeness (QED) is 0.668. The highest BCUT2D eigenvalue weighted by Gasteiger charge is 2.43. The molecule has 0 atom stereocenters. The molecule has 2 aliphatic carbocycles. The van der Waals surface area contributed by atoms with Crippen LogP contribution >= 0.6 is 0 Å². The zero-order chi connectivity index (χ0) is 21.3. The van der Waals surface area contributed by atoms with Crippen LogP contribution in [0.25, 0.3) is 0 Å². The maximum atomic E-state index is 13.2. The zero-order valence-electron chi connectivity index (χ0n) is 18.3. The van der Waals surface area contributed by atoms with Crippen molar-refractivity contribution in [3.05, 3.63) is 46.3 Å². The molecule has 0 aromatic heterocycles. The number of allylic oxidation sites excluding steroid dienone is 4. The molecule has 0 amide bonds. The van der Waals surface area contributed by atoms with Crippen molar-refractivity contribution >= 4 is 11.6 Å². The molecular formula is C25H31NO4. The van der Waals surface area contributed by atoms with E-state index in [9.17, 15) is 9.59 Å². The molecule has 30 heavy (non-hydrogen) atoms. The number of hydrogen-bond donors (Lipinski definition) is 0. The molecule has 0 saturated heterocycles. The van der Waals surface area contributed by atoms with Gasteiger partial charge in [0, 0.05) is 47.8 Å². The molecular weight excluding hydrogens is 378 g/mol. The Hall–Kier alpha value is -2.56. The van der Waals surface area contributed by atoms with Crippen LogP contribution in [-0.2, 0) is 9.59 Å². The van der Waals surface area contributed by atoms with Crippen LogP contribution in [0.15, 0.2) is 40.7 Å². The van der Waals surface area contributed by atoms with Crippen molar-refractivity contribution in [2.45, 2.75) is 65.2 Å². The van der Waals surface area contributed by atoms with Gasteiger partial charge in [-0.05, 0) is 64.2 Å². The molecule has 0 radical (unpaired) electrons. The van der Waals surface area contributed by atoms with Crippen LogP contribution in [-0.4, -0.2) is 36.2 Å². The highest BCUT2D eigenvalue weighted by Crippen LogP contribution is 2.49. The molecule has 0 fully saturated rings. The summed E-state index contributed by atoms with van der Waals surface area (Å²) < 4.78 is 11.6. The molecule has 3 aliphatic rings. The lowest BCUT2D eigenvalue weighted by molar-refractivity contribution is -0.117. The summed E-state index contributed by atoms with van der Waals surface area (Å²) in [6, 6.07) is 5.88. The number of carbonyl (C=O) groups is 2. The van der Waals surface area contributed by atoms with E-state index in [1.165, 1.54) is 0 Å². The minimum absolute atomic E-state index is 0.177. The van der Waals surface area contributed by atoms with Gasteiger partial charge in [-0.15, -0.1) is 0 Å². The van der Waals surface area contributed by atoms with E-state index < -0.39 is 0 Å². The smallest absolute Gasteiger partial charge is 0.161 e. The van der Waals surface area contributed by atoms with Crippen molar-refractivity contribution in [3.8, 4) is 11.5 Å². The zero-order valence-corrected chi connectivity index (χ0v) is 18.3. The van der Waals surface area contributed by atoms with Gasteiger partial charge in [-0.2, -0.15) is 0 Å². The fourth-order valence-corrected chi connectivity index (χ4v) is 5.18. The molecule has 5 nitrogen and oxygen atoms in total. The van der Waals surface area contributed by atoms with Crippen molar-refractivity contribution < 1.29 is 19.1 Å². The molecule has 0 bridgehead atoms. The third-order valence-corrected chi connectivity index (χ3v) is 6.30. The minimum atomic E-state index is -0.298. The van der Waals surface area contributed by atoms with Crippen LogP contribution in [0.2, 0.25) is 0 Å². The monoisotopic (exact) mass is 409 g/mol. The van der Waals surface area contributed by atoms with Crippen molar-refractivity contribution in [2.75, 3.05) is 19.8 Å². The molecule has 1 aromatic rings. The summed E-state index contributed by atoms with van der Waals surface area (Å²) >= 11 is 0. The van der Waals surface area contributed by atoms with Gasteiger partial charge in [0.2, 0.25) is 0 Å². The van der Waals surface area contributed by atoms with Gasteiger partial charge in [0.25, 0.3) is 0 Å². The Morgan fingerprint density at radius 3 is 1.93 bits per heavy atom. The maximum Gasteiger partial charge on any atom is 0.161 e. The average Bonchev–Trinajstić information content (AvgIpc) is 2.74. The number of Topliss-reactive ketones (excluding diaryl/α,β-unsaturated/α-hetero) is 2. The van der Waals surface area contributed by atoms with E-state index in [1.807, 2.05) is 32.0 Å². The molecule has 0 saturated carbocycles. The van der Waals surface area contributed by atoms with E-state index >= 15 is 0 Å². The normalized spacial score (nSPS) is 19.8. The van der Waals surface area contributed by atoms with E-state index in [2.05, 4.69) is 11.8 Å². The van der Waals surface area contributed by atoms with Gasteiger partial charge in [-0.25, -0.2) is 0 Å². The largest absolute Gasteiger partial charge is 0.490 e. The maximum absolute atomic E-state index is 13.2. The lowest BCUT2D eigenvalue weighted by Gasteiger charge is -2.43. The molecule has 1 aromatic carbocycles. The van der Waals surface area contributed by atoms with Crippen molar-refractivity contribution in [1.82, 2.24) is 4.90 Å². The van der Waals surface area contributed by atoms with Crippen LogP contribution in [0.3, 0.4) is 0 Å². The highest BCUT2D eigenvalue weighted by atomic mass is 16.5. The SMILES string of the molecule is CCOc1ccc(C2C3=C(CCCC3=O)N(CC)C3=C2C(=O)CCC3)cc1OCC. The summed E-state index contributed by atoms with van der Waals surface area (Å²) in [6.45, 7) is 7.86. The molecule has 1 heterocycles. The number of carbonyl (C=O) groups excluding carboxylic acids is 2. The molecule has 160 valence electrons. The van der Waals surface area contributed by atoms with Crippen LogP contribution in [0.4, 0.5) is 0 Å². The van der Waals surface area contributed by atoms with Gasteiger partial charge >= 0.3 is 0 Å². The molecule has 1 aliphatic heterocycles. The first-order valence-electron chi connectivity index (χ1n) is 11.3. The first kappa shape index (κ1) is 20.7. The molecule has 0 unspecified atom stereocenters. The number of ether oxygens (including phenoxy) is 2. The van der Waals surface area contributed by atoms with Gasteiger partial charge in [0.1, 0.15) is 0 Å². The third-order valence-electron chi connectivity index (χ3n) is 6.30. The van der Waals surface area contributed by atoms with Gasteiger partial charge in [0.15, 0.2) is 23.1 Å². The molecule has 5 heteroatoms. The number of benzene rings is 1. The second kappa shape index (κ2) is 8.66. The molecule has 4 rings (SSSR count). The van der Waals surface area contributed by atoms with Gasteiger partial charge in [-0.1, -0.05) is 6.07 Å². The predicted molar refractivity (Wildman–Crippen MR) is 116 cm³/mol. The number of hydrogen-bond acceptors (Lipinski definition) is 5. The Balaban J connectivity index is 1.91. The summed E-state index contributed by atoms with van der Waals surface area (Å²) in [7, 11) is 0. The Morgan fingerprint density at radius 2 is 1.40 bits per heavy atom. The Morgan fingerprint density at radius 1 is 0.833 bits per heavy atom. The average molecular weight is 410 g/mol. The number of ketones is 2. The van der Waals surface area contributed by atoms with Crippen LogP contribution < -0.4 is 9.47 Å². The summed E-state index contributed by atoms with van der Waals surface area (Å²) in [5.74, 6) is 1.43. The standard InChI is InChI=1S/C25H31NO4/c1-4-26-17-9-7-11-19(27)24(17)23(25-18(26)10-8-12-20(25)28)16-13-14-21(29-5-2)22(15-16)30-6-3/h13-15,23H,4-12H2,1-3H3. The van der Waals surface area contributed by atoms with E-state index in [4.69, 9.17) is 9.47 Å². The van der Waals surface area contributed by atoms with Gasteiger partial charge < -0.3 is 14.4 Å². The van der Waals surface area contributed by atoms with E-state index in [0.717, 1.165) is 60.3 Å². The molecule has 0 spiro atoms. The lowest BCUT2D eigenvalue weighted by atomic mass is 9.71. The van der Waals surface area contributed by atoms with Crippen molar-refractivity contribution in [1.29, 1.82) is 0 Å². The number of rotatable bonds is 6. The molecule has 0 N–H and O–H groups in total. The minimum Gasteiger partial charge on any atom is -0.490 e. The predicted octanol–water partition coefficient (Wildman–Crippen LogP) is 4.92. The summed E-state index contributed by atoms with van der Waals surface area (Å²) in [6.07, 6.45) is 4.66. The topological polar surface area (TPSA) is 55.8 Å².